The van der Waals surface area contributed by atoms with Gasteiger partial charge in [0, 0.05) is 28.6 Å². The van der Waals surface area contributed by atoms with Gasteiger partial charge >= 0.3 is 0 Å². The highest BCUT2D eigenvalue weighted by Gasteiger charge is 2.18. The third-order valence-corrected chi connectivity index (χ3v) is 3.10. The second-order valence-corrected chi connectivity index (χ2v) is 6.21. The zero-order chi connectivity index (χ0) is 17.0. The first-order chi connectivity index (χ1) is 10.8. The summed E-state index contributed by atoms with van der Waals surface area (Å²) in [7, 11) is 0. The average Bonchev–Trinajstić information content (AvgIpc) is 2.95. The van der Waals surface area contributed by atoms with Crippen LogP contribution in [0.15, 0.2) is 36.5 Å². The van der Waals surface area contributed by atoms with Crippen LogP contribution in [0.1, 0.15) is 36.8 Å². The van der Waals surface area contributed by atoms with Gasteiger partial charge in [0.1, 0.15) is 5.69 Å². The van der Waals surface area contributed by atoms with E-state index in [0.717, 1.165) is 0 Å². The number of anilines is 2. The molecule has 0 saturated heterocycles. The molecule has 5 nitrogen and oxygen atoms in total. The van der Waals surface area contributed by atoms with Crippen LogP contribution in [-0.4, -0.2) is 16.7 Å². The summed E-state index contributed by atoms with van der Waals surface area (Å²) in [5, 5.41) is 2.75. The lowest BCUT2D eigenvalue weighted by Crippen LogP contribution is -2.17. The Balaban J connectivity index is 2.07. The largest absolute Gasteiger partial charge is 0.399 e. The smallest absolute Gasteiger partial charge is 0.272 e. The minimum absolute atomic E-state index is 0.147. The van der Waals surface area contributed by atoms with Crippen LogP contribution in [0.5, 0.6) is 0 Å². The SMILES string of the molecule is CC(C)(C)C(=O)C#Cc1c[nH]c(C(=O)Nc2ccc(N)cc2)c1. The Labute approximate surface area is 135 Å². The molecule has 5 heteroatoms. The number of nitrogens with one attached hydrogen (secondary N) is 2. The summed E-state index contributed by atoms with van der Waals surface area (Å²) in [6, 6.07) is 8.46. The Kier molecular flexibility index (Phi) is 4.56. The van der Waals surface area contributed by atoms with Crippen LogP contribution in [0.25, 0.3) is 0 Å². The van der Waals surface area contributed by atoms with Gasteiger partial charge in [0.25, 0.3) is 5.91 Å². The third kappa shape index (κ3) is 4.48. The Morgan fingerprint density at radius 3 is 2.43 bits per heavy atom. The predicted molar refractivity (Wildman–Crippen MR) is 90.9 cm³/mol. The zero-order valence-corrected chi connectivity index (χ0v) is 13.4. The van der Waals surface area contributed by atoms with Gasteiger partial charge in [-0.3, -0.25) is 9.59 Å². The van der Waals surface area contributed by atoms with Gasteiger partial charge in [0.05, 0.1) is 0 Å². The number of H-pyrrole nitrogens is 1. The number of rotatable bonds is 2. The van der Waals surface area contributed by atoms with E-state index < -0.39 is 5.41 Å². The van der Waals surface area contributed by atoms with E-state index in [-0.39, 0.29) is 11.7 Å². The standard InChI is InChI=1S/C18H19N3O2/c1-18(2,3)16(22)9-4-12-10-15(20-11-12)17(23)21-14-7-5-13(19)6-8-14/h5-8,10-11,20H,19H2,1-3H3,(H,21,23). The topological polar surface area (TPSA) is 88.0 Å². The molecule has 2 aromatic rings. The van der Waals surface area contributed by atoms with E-state index >= 15 is 0 Å². The zero-order valence-electron chi connectivity index (χ0n) is 13.4. The number of hydrogen-bond acceptors (Lipinski definition) is 3. The molecule has 2 rings (SSSR count). The fourth-order valence-corrected chi connectivity index (χ4v) is 1.68. The molecule has 0 atom stereocenters. The number of Topliss-reactive ketones (excluding diaryl/α,β-unsaturated/α-hetero) is 1. The number of aromatic nitrogens is 1. The van der Waals surface area contributed by atoms with Crippen molar-refractivity contribution in [1.82, 2.24) is 4.98 Å². The van der Waals surface area contributed by atoms with E-state index in [2.05, 4.69) is 22.1 Å². The van der Waals surface area contributed by atoms with Crippen molar-refractivity contribution in [2.24, 2.45) is 5.41 Å². The average molecular weight is 309 g/mol. The number of benzene rings is 1. The maximum atomic E-state index is 12.1. The van der Waals surface area contributed by atoms with Gasteiger partial charge < -0.3 is 16.0 Å². The summed E-state index contributed by atoms with van der Waals surface area (Å²) in [5.41, 5.74) is 7.33. The second kappa shape index (κ2) is 6.41. The number of carbonyl (C=O) groups is 2. The molecule has 0 unspecified atom stereocenters. The molecule has 0 saturated carbocycles. The molecule has 118 valence electrons. The first-order valence-corrected chi connectivity index (χ1v) is 7.17. The van der Waals surface area contributed by atoms with Crippen molar-refractivity contribution in [1.29, 1.82) is 0 Å². The molecule has 1 amide bonds. The van der Waals surface area contributed by atoms with Crippen LogP contribution in [0.4, 0.5) is 11.4 Å². The van der Waals surface area contributed by atoms with Gasteiger partial charge in [-0.1, -0.05) is 26.7 Å². The van der Waals surface area contributed by atoms with Gasteiger partial charge in [-0.25, -0.2) is 0 Å². The third-order valence-electron chi connectivity index (χ3n) is 3.10. The normalized spacial score (nSPS) is 10.6. The van der Waals surface area contributed by atoms with Gasteiger partial charge in [-0.2, -0.15) is 0 Å². The van der Waals surface area contributed by atoms with E-state index in [9.17, 15) is 9.59 Å². The highest BCUT2D eigenvalue weighted by molar-refractivity contribution is 6.03. The summed E-state index contributed by atoms with van der Waals surface area (Å²) in [5.74, 6) is 4.93. The Morgan fingerprint density at radius 2 is 1.83 bits per heavy atom. The predicted octanol–water partition coefficient (Wildman–Crippen LogP) is 2.82. The Hall–Kier alpha value is -3.00. The van der Waals surface area contributed by atoms with Gasteiger partial charge in [0.15, 0.2) is 0 Å². The van der Waals surface area contributed by atoms with Crippen LogP contribution >= 0.6 is 0 Å². The summed E-state index contributed by atoms with van der Waals surface area (Å²) in [6.45, 7) is 5.44. The van der Waals surface area contributed by atoms with Crippen molar-refractivity contribution in [3.05, 3.63) is 47.8 Å². The molecule has 1 aromatic heterocycles. The van der Waals surface area contributed by atoms with Crippen molar-refractivity contribution < 1.29 is 9.59 Å². The van der Waals surface area contributed by atoms with Crippen molar-refractivity contribution in [3.8, 4) is 11.8 Å². The van der Waals surface area contributed by atoms with Crippen molar-refractivity contribution >= 4 is 23.1 Å². The van der Waals surface area contributed by atoms with Gasteiger partial charge in [-0.05, 0) is 36.3 Å². The highest BCUT2D eigenvalue weighted by atomic mass is 16.2. The molecular weight excluding hydrogens is 290 g/mol. The van der Waals surface area contributed by atoms with E-state index in [1.807, 2.05) is 20.8 Å². The van der Waals surface area contributed by atoms with Crippen molar-refractivity contribution in [2.75, 3.05) is 11.1 Å². The summed E-state index contributed by atoms with van der Waals surface area (Å²) < 4.78 is 0. The van der Waals surface area contributed by atoms with Gasteiger partial charge in [-0.15, -0.1) is 0 Å². The van der Waals surface area contributed by atoms with Crippen LogP contribution in [0.3, 0.4) is 0 Å². The van der Waals surface area contributed by atoms with Crippen LogP contribution in [0, 0.1) is 17.3 Å². The monoisotopic (exact) mass is 309 g/mol. The first kappa shape index (κ1) is 16.4. The number of ketones is 1. The van der Waals surface area contributed by atoms with Crippen molar-refractivity contribution in [3.63, 3.8) is 0 Å². The molecule has 4 N–H and O–H groups in total. The van der Waals surface area contributed by atoms with E-state index in [4.69, 9.17) is 5.73 Å². The van der Waals surface area contributed by atoms with Crippen molar-refractivity contribution in [2.45, 2.75) is 20.8 Å². The lowest BCUT2D eigenvalue weighted by Gasteiger charge is -2.10. The number of aromatic amines is 1. The number of hydrogen-bond donors (Lipinski definition) is 3. The fourth-order valence-electron chi connectivity index (χ4n) is 1.68. The molecule has 23 heavy (non-hydrogen) atoms. The molecule has 0 fully saturated rings. The van der Waals surface area contributed by atoms with Crippen LogP contribution in [0.2, 0.25) is 0 Å². The number of nitrogen functional groups attached to an aromatic ring is 1. The minimum Gasteiger partial charge on any atom is -0.399 e. The second-order valence-electron chi connectivity index (χ2n) is 6.21. The van der Waals surface area contributed by atoms with Crippen LogP contribution < -0.4 is 11.1 Å². The fraction of sp³-hybridized carbons (Fsp3) is 0.222. The Morgan fingerprint density at radius 1 is 1.17 bits per heavy atom. The number of nitrogens with two attached hydrogens (primary N) is 1. The van der Waals surface area contributed by atoms with E-state index in [1.54, 1.807) is 36.5 Å². The molecule has 0 aliphatic heterocycles. The molecule has 1 aromatic carbocycles. The molecule has 0 aliphatic rings. The molecule has 0 spiro atoms. The molecule has 0 bridgehead atoms. The number of carbonyl (C=O) groups excluding carboxylic acids is 2. The van der Waals surface area contributed by atoms with Gasteiger partial charge in [0.2, 0.25) is 5.78 Å². The molecular formula is C18H19N3O2. The lowest BCUT2D eigenvalue weighted by molar-refractivity contribution is -0.120. The Bertz CT molecular complexity index is 784. The quantitative estimate of drug-likeness (QED) is 0.589. The molecule has 1 heterocycles. The molecule has 0 aliphatic carbocycles. The minimum atomic E-state index is -0.501. The van der Waals surface area contributed by atoms with Crippen LogP contribution in [-0.2, 0) is 4.79 Å². The van der Waals surface area contributed by atoms with E-state index in [0.29, 0.717) is 22.6 Å². The maximum Gasteiger partial charge on any atom is 0.272 e. The first-order valence-electron chi connectivity index (χ1n) is 7.17. The summed E-state index contributed by atoms with van der Waals surface area (Å²) in [6.07, 6.45) is 1.60. The lowest BCUT2D eigenvalue weighted by atomic mass is 9.91. The summed E-state index contributed by atoms with van der Waals surface area (Å²) >= 11 is 0. The highest BCUT2D eigenvalue weighted by Crippen LogP contribution is 2.14. The molecule has 0 radical (unpaired) electrons. The summed E-state index contributed by atoms with van der Waals surface area (Å²) in [4.78, 5) is 26.7. The maximum absolute atomic E-state index is 12.1. The number of amides is 1. The van der Waals surface area contributed by atoms with E-state index in [1.165, 1.54) is 0 Å².